The number of carbonyl (C=O) groups excluding carboxylic acids is 2. The number of fused-ring (bicyclic) bond motifs is 2. The summed E-state index contributed by atoms with van der Waals surface area (Å²) in [7, 11) is -4.00. The molecule has 31 heavy (non-hydrogen) atoms. The topological polar surface area (TPSA) is 89.5 Å². The lowest BCUT2D eigenvalue weighted by molar-refractivity contribution is 0.0976. The molecule has 7 heteroatoms. The van der Waals surface area contributed by atoms with Crippen LogP contribution in [0.2, 0.25) is 0 Å². The van der Waals surface area contributed by atoms with Crippen molar-refractivity contribution in [1.29, 1.82) is 0 Å². The van der Waals surface area contributed by atoms with E-state index in [2.05, 4.69) is 4.72 Å². The van der Waals surface area contributed by atoms with Crippen LogP contribution in [0.3, 0.4) is 0 Å². The van der Waals surface area contributed by atoms with Crippen LogP contribution >= 0.6 is 0 Å². The highest BCUT2D eigenvalue weighted by Crippen LogP contribution is 2.31. The molecule has 1 N–H and O–H groups in total. The molecule has 0 radical (unpaired) electrons. The third-order valence-electron chi connectivity index (χ3n) is 5.14. The molecule has 0 fully saturated rings. The van der Waals surface area contributed by atoms with Gasteiger partial charge in [-0.1, -0.05) is 48.5 Å². The van der Waals surface area contributed by atoms with E-state index in [1.165, 1.54) is 18.2 Å². The second kappa shape index (κ2) is 8.45. The first-order valence-electron chi connectivity index (χ1n) is 9.95. The van der Waals surface area contributed by atoms with Crippen LogP contribution in [0.25, 0.3) is 0 Å². The lowest BCUT2D eigenvalue weighted by atomic mass is 9.84. The molecule has 1 aliphatic carbocycles. The van der Waals surface area contributed by atoms with Gasteiger partial charge in [0.1, 0.15) is 5.75 Å². The van der Waals surface area contributed by atoms with Crippen LogP contribution in [0.15, 0.2) is 71.6 Å². The lowest BCUT2D eigenvalue weighted by Crippen LogP contribution is -2.30. The monoisotopic (exact) mass is 435 g/mol. The molecular weight excluding hydrogens is 414 g/mol. The van der Waals surface area contributed by atoms with E-state index in [0.29, 0.717) is 13.0 Å². The first-order valence-corrected chi connectivity index (χ1v) is 11.4. The van der Waals surface area contributed by atoms with Gasteiger partial charge in [0.2, 0.25) is 10.0 Å². The normalized spacial score (nSPS) is 12.9. The van der Waals surface area contributed by atoms with Gasteiger partial charge in [0.15, 0.2) is 11.6 Å². The Morgan fingerprint density at radius 1 is 0.806 bits per heavy atom. The molecular formula is C24H21NO5S. The highest BCUT2D eigenvalue weighted by molar-refractivity contribution is 7.89. The van der Waals surface area contributed by atoms with Gasteiger partial charge in [-0.05, 0) is 37.1 Å². The van der Waals surface area contributed by atoms with E-state index in [0.717, 1.165) is 11.3 Å². The summed E-state index contributed by atoms with van der Waals surface area (Å²) in [5.74, 6) is -0.0551. The van der Waals surface area contributed by atoms with Crippen molar-refractivity contribution in [2.24, 2.45) is 0 Å². The van der Waals surface area contributed by atoms with Gasteiger partial charge in [0.25, 0.3) is 0 Å². The van der Waals surface area contributed by atoms with Crippen LogP contribution < -0.4 is 9.46 Å². The third-order valence-corrected chi connectivity index (χ3v) is 6.65. The molecule has 0 heterocycles. The minimum absolute atomic E-state index is 0.0697. The number of ether oxygens (including phenoxy) is 1. The average Bonchev–Trinajstić information content (AvgIpc) is 2.78. The van der Waals surface area contributed by atoms with Crippen LogP contribution in [0.5, 0.6) is 5.75 Å². The zero-order chi connectivity index (χ0) is 22.0. The van der Waals surface area contributed by atoms with E-state index >= 15 is 0 Å². The predicted molar refractivity (Wildman–Crippen MR) is 116 cm³/mol. The molecule has 158 valence electrons. The average molecular weight is 436 g/mol. The zero-order valence-electron chi connectivity index (χ0n) is 16.9. The molecule has 0 saturated heterocycles. The van der Waals surface area contributed by atoms with Crippen LogP contribution in [-0.2, 0) is 16.4 Å². The second-order valence-corrected chi connectivity index (χ2v) is 8.84. The molecule has 0 spiro atoms. The number of rotatable bonds is 7. The summed E-state index contributed by atoms with van der Waals surface area (Å²) in [6.07, 6.45) is 0.469. The van der Waals surface area contributed by atoms with Crippen LogP contribution in [0.4, 0.5) is 0 Å². The molecule has 0 aromatic heterocycles. The highest BCUT2D eigenvalue weighted by Gasteiger charge is 2.34. The Kier molecular flexibility index (Phi) is 5.71. The molecule has 4 rings (SSSR count). The van der Waals surface area contributed by atoms with Gasteiger partial charge in [0, 0.05) is 23.2 Å². The maximum absolute atomic E-state index is 13.0. The van der Waals surface area contributed by atoms with Crippen molar-refractivity contribution >= 4 is 21.6 Å². The zero-order valence-corrected chi connectivity index (χ0v) is 17.7. The van der Waals surface area contributed by atoms with Crippen molar-refractivity contribution in [3.8, 4) is 5.75 Å². The molecule has 0 bridgehead atoms. The quantitative estimate of drug-likeness (QED) is 0.481. The third kappa shape index (κ3) is 4.02. The smallest absolute Gasteiger partial charge is 0.241 e. The largest absolute Gasteiger partial charge is 0.494 e. The Labute approximate surface area is 180 Å². The summed E-state index contributed by atoms with van der Waals surface area (Å²) in [6, 6.07) is 18.2. The molecule has 1 aliphatic rings. The summed E-state index contributed by atoms with van der Waals surface area (Å²) in [4.78, 5) is 25.7. The van der Waals surface area contributed by atoms with Crippen LogP contribution in [0, 0.1) is 0 Å². The molecule has 3 aromatic carbocycles. The van der Waals surface area contributed by atoms with E-state index < -0.39 is 15.8 Å². The van der Waals surface area contributed by atoms with Gasteiger partial charge in [-0.15, -0.1) is 0 Å². The molecule has 0 atom stereocenters. The minimum Gasteiger partial charge on any atom is -0.494 e. The van der Waals surface area contributed by atoms with Crippen molar-refractivity contribution in [1.82, 2.24) is 4.72 Å². The summed E-state index contributed by atoms with van der Waals surface area (Å²) >= 11 is 0. The maximum atomic E-state index is 13.0. The van der Waals surface area contributed by atoms with Gasteiger partial charge in [-0.2, -0.15) is 0 Å². The van der Waals surface area contributed by atoms with E-state index in [1.54, 1.807) is 24.3 Å². The van der Waals surface area contributed by atoms with E-state index in [9.17, 15) is 18.0 Å². The lowest BCUT2D eigenvalue weighted by Gasteiger charge is -2.20. The van der Waals surface area contributed by atoms with Gasteiger partial charge in [0.05, 0.1) is 17.1 Å². The van der Waals surface area contributed by atoms with Gasteiger partial charge < -0.3 is 4.74 Å². The summed E-state index contributed by atoms with van der Waals surface area (Å²) in [6.45, 7) is 2.63. The van der Waals surface area contributed by atoms with Crippen molar-refractivity contribution < 1.29 is 22.7 Å². The Morgan fingerprint density at radius 3 is 2.13 bits per heavy atom. The number of hydrogen-bond acceptors (Lipinski definition) is 5. The Bertz CT molecular complexity index is 1260. The van der Waals surface area contributed by atoms with Crippen molar-refractivity contribution in [3.63, 3.8) is 0 Å². The summed E-state index contributed by atoms with van der Waals surface area (Å²) < 4.78 is 34.0. The fourth-order valence-corrected chi connectivity index (χ4v) is 4.92. The number of nitrogens with one attached hydrogen (secondary N) is 1. The van der Waals surface area contributed by atoms with Gasteiger partial charge in [-0.3, -0.25) is 9.59 Å². The second-order valence-electron chi connectivity index (χ2n) is 7.11. The standard InChI is InChI=1S/C24H21NO5S/c1-2-30-17-12-10-16(11-13-17)14-15-25-31(28,29)21-9-5-8-20-22(21)24(27)19-7-4-3-6-18(19)23(20)26/h3-13,25H,2,14-15H2,1H3. The molecule has 6 nitrogen and oxygen atoms in total. The SMILES string of the molecule is CCOc1ccc(CCNS(=O)(=O)c2cccc3c2C(=O)c2ccccc2C3=O)cc1. The van der Waals surface area contributed by atoms with Crippen LogP contribution in [0.1, 0.15) is 44.3 Å². The van der Waals surface area contributed by atoms with Crippen molar-refractivity contribution in [2.45, 2.75) is 18.2 Å². The number of sulfonamides is 1. The summed E-state index contributed by atoms with van der Waals surface area (Å²) in [5.41, 5.74) is 1.49. The first-order chi connectivity index (χ1) is 14.9. The molecule has 0 aliphatic heterocycles. The maximum Gasteiger partial charge on any atom is 0.241 e. The molecule has 0 amide bonds. The van der Waals surface area contributed by atoms with Gasteiger partial charge in [-0.25, -0.2) is 13.1 Å². The fourth-order valence-electron chi connectivity index (χ4n) is 3.66. The summed E-state index contributed by atoms with van der Waals surface area (Å²) in [5, 5.41) is 0. The van der Waals surface area contributed by atoms with Gasteiger partial charge >= 0.3 is 0 Å². The fraction of sp³-hybridized carbons (Fsp3) is 0.167. The Balaban J connectivity index is 1.57. The van der Waals surface area contributed by atoms with Crippen molar-refractivity contribution in [2.75, 3.05) is 13.2 Å². The number of ketones is 2. The number of benzene rings is 3. The van der Waals surface area contributed by atoms with E-state index in [-0.39, 0.29) is 39.5 Å². The van der Waals surface area contributed by atoms with E-state index in [1.807, 2.05) is 31.2 Å². The molecule has 3 aromatic rings. The molecule has 0 saturated carbocycles. The number of carbonyl (C=O) groups is 2. The Hall–Kier alpha value is -3.29. The first kappa shape index (κ1) is 21.0. The highest BCUT2D eigenvalue weighted by atomic mass is 32.2. The predicted octanol–water partition coefficient (Wildman–Crippen LogP) is 3.38. The Morgan fingerprint density at radius 2 is 1.45 bits per heavy atom. The minimum atomic E-state index is -4.00. The van der Waals surface area contributed by atoms with Crippen LogP contribution in [-0.4, -0.2) is 33.1 Å². The molecule has 0 unspecified atom stereocenters. The van der Waals surface area contributed by atoms with Crippen molar-refractivity contribution in [3.05, 3.63) is 94.5 Å². The number of hydrogen-bond donors (Lipinski definition) is 1. The van der Waals surface area contributed by atoms with E-state index in [4.69, 9.17) is 4.74 Å².